The maximum Gasteiger partial charge on any atom is 0.294 e. The lowest BCUT2D eigenvalue weighted by molar-refractivity contribution is 0.392. The summed E-state index contributed by atoms with van der Waals surface area (Å²) in [4.78, 5) is 2.00. The number of hydrogen-bond acceptors (Lipinski definition) is 7. The molecule has 0 radical (unpaired) electrons. The van der Waals surface area contributed by atoms with E-state index in [4.69, 9.17) is 21.3 Å². The average molecular weight is 419 g/mol. The van der Waals surface area contributed by atoms with Crippen molar-refractivity contribution in [1.29, 1.82) is 10.8 Å². The van der Waals surface area contributed by atoms with Crippen LogP contribution in [-0.2, 0) is 4.74 Å². The largest absolute Gasteiger partial charge is 0.508 e. The quantitative estimate of drug-likeness (QED) is 0.252. The van der Waals surface area contributed by atoms with Gasteiger partial charge in [-0.25, -0.2) is 4.90 Å². The molecule has 0 spiro atoms. The highest BCUT2D eigenvalue weighted by Gasteiger charge is 2.24. The fraction of sp³-hybridized carbons (Fsp3) is 0.333. The molecule has 0 saturated heterocycles. The van der Waals surface area contributed by atoms with E-state index in [2.05, 4.69) is 12.6 Å². The Morgan fingerprint density at radius 1 is 1.03 bits per heavy atom. The molecule has 0 bridgehead atoms. The molecular weight excluding hydrogens is 388 g/mol. The minimum atomic E-state index is -0.268. The molecule has 2 aromatic rings. The standard InChI is InChI=1S/C18H21N3O3S.C3H9N/c1-10(2)13-8-14(16(23)9-15(13)22)17(19)21(18(20)24-3)11-4-6-12(25)7-5-11;1-3(2)4/h4-10,19-20,22-23,25H,1-3H3;3H,4H2,1-2H3. The molecule has 0 heterocycles. The van der Waals surface area contributed by atoms with E-state index >= 15 is 0 Å². The van der Waals surface area contributed by atoms with E-state index in [9.17, 15) is 10.2 Å². The lowest BCUT2D eigenvalue weighted by Gasteiger charge is -2.25. The summed E-state index contributed by atoms with van der Waals surface area (Å²) < 4.78 is 5.00. The van der Waals surface area contributed by atoms with Crippen molar-refractivity contribution in [2.24, 2.45) is 5.73 Å². The number of amidine groups is 2. The van der Waals surface area contributed by atoms with Crippen LogP contribution in [0.5, 0.6) is 11.5 Å². The molecule has 2 aromatic carbocycles. The SMILES string of the molecule is CC(C)N.COC(=N)N(C(=N)c1cc(C(C)C)c(O)cc1O)c1ccc(S)cc1. The second kappa shape index (κ2) is 10.7. The van der Waals surface area contributed by atoms with E-state index in [1.54, 1.807) is 30.3 Å². The number of rotatable bonds is 3. The van der Waals surface area contributed by atoms with Crippen LogP contribution in [0, 0.1) is 10.8 Å². The Bertz CT molecular complexity index is 849. The summed E-state index contributed by atoms with van der Waals surface area (Å²) >= 11 is 4.24. The van der Waals surface area contributed by atoms with Gasteiger partial charge < -0.3 is 20.7 Å². The summed E-state index contributed by atoms with van der Waals surface area (Å²) in [6.07, 6.45) is 0. The molecule has 0 aliphatic rings. The molecule has 0 saturated carbocycles. The molecule has 8 heteroatoms. The van der Waals surface area contributed by atoms with Crippen LogP contribution in [-0.4, -0.2) is 35.2 Å². The fourth-order valence-corrected chi connectivity index (χ4v) is 2.56. The Hall–Kier alpha value is -2.71. The first-order valence-electron chi connectivity index (χ1n) is 9.11. The molecule has 0 aliphatic carbocycles. The number of methoxy groups -OCH3 is 1. The normalized spacial score (nSPS) is 10.4. The third kappa shape index (κ3) is 6.69. The van der Waals surface area contributed by atoms with Gasteiger partial charge in [0.2, 0.25) is 0 Å². The minimum Gasteiger partial charge on any atom is -0.508 e. The second-order valence-corrected chi connectivity index (χ2v) is 7.55. The Morgan fingerprint density at radius 2 is 1.55 bits per heavy atom. The number of phenolic OH excluding ortho intramolecular Hbond substituents is 2. The molecule has 0 aromatic heterocycles. The van der Waals surface area contributed by atoms with Crippen LogP contribution in [0.2, 0.25) is 0 Å². The number of nitrogens with one attached hydrogen (secondary N) is 2. The Labute approximate surface area is 177 Å². The molecule has 0 unspecified atom stereocenters. The third-order valence-corrected chi connectivity index (χ3v) is 4.05. The van der Waals surface area contributed by atoms with Gasteiger partial charge in [-0.15, -0.1) is 12.6 Å². The van der Waals surface area contributed by atoms with Crippen LogP contribution >= 0.6 is 12.6 Å². The van der Waals surface area contributed by atoms with Crippen molar-refractivity contribution < 1.29 is 14.9 Å². The first-order chi connectivity index (χ1) is 13.5. The maximum atomic E-state index is 10.2. The summed E-state index contributed by atoms with van der Waals surface area (Å²) in [7, 11) is 1.34. The van der Waals surface area contributed by atoms with Crippen LogP contribution in [0.4, 0.5) is 5.69 Å². The highest BCUT2D eigenvalue weighted by Crippen LogP contribution is 2.33. The molecule has 2 rings (SSSR count). The summed E-state index contributed by atoms with van der Waals surface area (Å²) in [5.41, 5.74) is 6.43. The monoisotopic (exact) mass is 418 g/mol. The molecular formula is C21H30N4O3S. The summed E-state index contributed by atoms with van der Waals surface area (Å²) in [5.74, 6) is -0.410. The Balaban J connectivity index is 0.000000960. The zero-order chi connectivity index (χ0) is 22.3. The molecule has 7 nitrogen and oxygen atoms in total. The van der Waals surface area contributed by atoms with Crippen LogP contribution in [0.15, 0.2) is 41.3 Å². The van der Waals surface area contributed by atoms with E-state index in [-0.39, 0.29) is 34.8 Å². The van der Waals surface area contributed by atoms with Crippen molar-refractivity contribution in [3.8, 4) is 11.5 Å². The van der Waals surface area contributed by atoms with Crippen LogP contribution < -0.4 is 10.6 Å². The van der Waals surface area contributed by atoms with Crippen molar-refractivity contribution in [3.05, 3.63) is 47.5 Å². The first-order valence-corrected chi connectivity index (χ1v) is 9.56. The predicted molar refractivity (Wildman–Crippen MR) is 121 cm³/mol. The van der Waals surface area contributed by atoms with Crippen LogP contribution in [0.3, 0.4) is 0 Å². The maximum absolute atomic E-state index is 10.2. The van der Waals surface area contributed by atoms with Gasteiger partial charge in [0.05, 0.1) is 18.4 Å². The number of anilines is 1. The van der Waals surface area contributed by atoms with E-state index in [0.29, 0.717) is 17.3 Å². The van der Waals surface area contributed by atoms with Crippen molar-refractivity contribution in [2.75, 3.05) is 12.0 Å². The first kappa shape index (κ1) is 24.3. The van der Waals surface area contributed by atoms with Crippen molar-refractivity contribution >= 4 is 30.2 Å². The number of hydrogen-bond donors (Lipinski definition) is 6. The Kier molecular flexibility index (Phi) is 9.00. The molecule has 29 heavy (non-hydrogen) atoms. The van der Waals surface area contributed by atoms with Gasteiger partial charge in [0.25, 0.3) is 6.02 Å². The molecule has 0 atom stereocenters. The van der Waals surface area contributed by atoms with Gasteiger partial charge in [0, 0.05) is 11.0 Å². The molecule has 0 aliphatic heterocycles. The number of benzene rings is 2. The second-order valence-electron chi connectivity index (χ2n) is 7.04. The molecule has 0 amide bonds. The summed E-state index contributed by atoms with van der Waals surface area (Å²) in [6.45, 7) is 7.69. The van der Waals surface area contributed by atoms with E-state index in [1.807, 2.05) is 27.7 Å². The third-order valence-electron chi connectivity index (χ3n) is 3.75. The molecule has 0 fully saturated rings. The van der Waals surface area contributed by atoms with Gasteiger partial charge in [-0.05, 0) is 47.9 Å². The number of thiol groups is 1. The highest BCUT2D eigenvalue weighted by molar-refractivity contribution is 7.80. The number of nitrogens with zero attached hydrogens (tertiary/aromatic N) is 1. The lowest BCUT2D eigenvalue weighted by atomic mass is 9.98. The molecule has 158 valence electrons. The van der Waals surface area contributed by atoms with Gasteiger partial charge in [-0.3, -0.25) is 10.8 Å². The predicted octanol–water partition coefficient (Wildman–Crippen LogP) is 4.28. The van der Waals surface area contributed by atoms with Crippen LogP contribution in [0.1, 0.15) is 44.7 Å². The van der Waals surface area contributed by atoms with E-state index < -0.39 is 0 Å². The minimum absolute atomic E-state index is 0.00550. The van der Waals surface area contributed by atoms with E-state index in [0.717, 1.165) is 4.90 Å². The number of nitrogens with two attached hydrogens (primary N) is 1. The topological polar surface area (TPSA) is 127 Å². The number of ether oxygens (including phenoxy) is 1. The van der Waals surface area contributed by atoms with Crippen molar-refractivity contribution in [3.63, 3.8) is 0 Å². The van der Waals surface area contributed by atoms with Crippen molar-refractivity contribution in [1.82, 2.24) is 0 Å². The van der Waals surface area contributed by atoms with E-state index in [1.165, 1.54) is 18.1 Å². The van der Waals surface area contributed by atoms with Gasteiger partial charge in [-0.2, -0.15) is 0 Å². The average Bonchev–Trinajstić information content (AvgIpc) is 2.62. The van der Waals surface area contributed by atoms with Gasteiger partial charge in [0.1, 0.15) is 17.3 Å². The zero-order valence-electron chi connectivity index (χ0n) is 17.4. The van der Waals surface area contributed by atoms with Crippen LogP contribution in [0.25, 0.3) is 0 Å². The van der Waals surface area contributed by atoms with Gasteiger partial charge >= 0.3 is 0 Å². The number of aromatic hydroxyl groups is 2. The van der Waals surface area contributed by atoms with Crippen molar-refractivity contribution in [2.45, 2.75) is 44.6 Å². The zero-order valence-corrected chi connectivity index (χ0v) is 18.3. The molecule has 6 N–H and O–H groups in total. The fourth-order valence-electron chi connectivity index (χ4n) is 2.41. The summed E-state index contributed by atoms with van der Waals surface area (Å²) in [6, 6.07) is 9.70. The number of phenols is 2. The van der Waals surface area contributed by atoms with Gasteiger partial charge in [-0.1, -0.05) is 27.7 Å². The highest BCUT2D eigenvalue weighted by atomic mass is 32.1. The summed E-state index contributed by atoms with van der Waals surface area (Å²) in [5, 5.41) is 36.7. The Morgan fingerprint density at radius 3 is 2.00 bits per heavy atom. The smallest absolute Gasteiger partial charge is 0.294 e. The van der Waals surface area contributed by atoms with Gasteiger partial charge in [0.15, 0.2) is 0 Å². The lowest BCUT2D eigenvalue weighted by Crippen LogP contribution is -2.37.